The van der Waals surface area contributed by atoms with Crippen molar-refractivity contribution in [1.29, 1.82) is 0 Å². The minimum atomic E-state index is -0.118. The number of ether oxygens (including phenoxy) is 1. The van der Waals surface area contributed by atoms with Gasteiger partial charge in [0.2, 0.25) is 5.88 Å². The molecule has 1 amide bonds. The molecule has 1 N–H and O–H groups in total. The van der Waals surface area contributed by atoms with Gasteiger partial charge >= 0.3 is 0 Å². The van der Waals surface area contributed by atoms with Crippen LogP contribution < -0.4 is 10.1 Å². The second-order valence-electron chi connectivity index (χ2n) is 6.72. The van der Waals surface area contributed by atoms with Crippen molar-refractivity contribution in [2.45, 2.75) is 65.0 Å². The van der Waals surface area contributed by atoms with E-state index in [1.54, 1.807) is 0 Å². The van der Waals surface area contributed by atoms with Crippen LogP contribution in [0, 0.1) is 12.8 Å². The number of nitrogens with zero attached hydrogens (tertiary/aromatic N) is 2. The van der Waals surface area contributed by atoms with Crippen molar-refractivity contribution < 1.29 is 9.53 Å². The lowest BCUT2D eigenvalue weighted by Gasteiger charge is -2.40. The fourth-order valence-electron chi connectivity index (χ4n) is 3.48. The average Bonchev–Trinajstić information content (AvgIpc) is 2.80. The van der Waals surface area contributed by atoms with E-state index in [1.807, 2.05) is 11.6 Å². The van der Waals surface area contributed by atoms with Gasteiger partial charge in [0, 0.05) is 24.1 Å². The second-order valence-corrected chi connectivity index (χ2v) is 6.72. The minimum absolute atomic E-state index is 0.0609. The van der Waals surface area contributed by atoms with E-state index in [2.05, 4.69) is 24.3 Å². The molecule has 1 saturated carbocycles. The molecule has 0 bridgehead atoms. The van der Waals surface area contributed by atoms with Gasteiger partial charge in [0.25, 0.3) is 5.91 Å². The Morgan fingerprint density at radius 2 is 2.24 bits per heavy atom. The van der Waals surface area contributed by atoms with E-state index < -0.39 is 0 Å². The maximum absolute atomic E-state index is 12.7. The molecule has 0 aromatic carbocycles. The molecule has 0 radical (unpaired) electrons. The number of rotatable bonds is 2. The molecule has 116 valence electrons. The molecular formula is C16H25N3O2. The summed E-state index contributed by atoms with van der Waals surface area (Å²) >= 11 is 0. The molecule has 5 heteroatoms. The maximum Gasteiger partial charge on any atom is 0.272 e. The van der Waals surface area contributed by atoms with Gasteiger partial charge in [-0.15, -0.1) is 0 Å². The van der Waals surface area contributed by atoms with Gasteiger partial charge in [-0.1, -0.05) is 19.8 Å². The number of carbonyl (C=O) groups is 1. The number of hydrogen-bond donors (Lipinski definition) is 1. The van der Waals surface area contributed by atoms with E-state index in [0.717, 1.165) is 30.8 Å². The van der Waals surface area contributed by atoms with Crippen LogP contribution in [0.4, 0.5) is 0 Å². The van der Waals surface area contributed by atoms with Crippen LogP contribution in [0.25, 0.3) is 0 Å². The molecule has 2 heterocycles. The lowest BCUT2D eigenvalue weighted by molar-refractivity contribution is 0.0822. The zero-order valence-electron chi connectivity index (χ0n) is 13.2. The topological polar surface area (TPSA) is 56.2 Å². The van der Waals surface area contributed by atoms with Gasteiger partial charge in [-0.25, -0.2) is 4.68 Å². The first-order valence-corrected chi connectivity index (χ1v) is 8.04. The lowest BCUT2D eigenvalue weighted by atomic mass is 9.75. The van der Waals surface area contributed by atoms with E-state index in [-0.39, 0.29) is 11.4 Å². The van der Waals surface area contributed by atoms with E-state index in [0.29, 0.717) is 18.2 Å². The van der Waals surface area contributed by atoms with Crippen molar-refractivity contribution in [1.82, 2.24) is 15.1 Å². The number of carbonyl (C=O) groups excluding carboxylic acids is 1. The van der Waals surface area contributed by atoms with Crippen LogP contribution in [-0.4, -0.2) is 27.8 Å². The molecule has 1 aromatic heterocycles. The molecule has 0 saturated heterocycles. The van der Waals surface area contributed by atoms with E-state index in [9.17, 15) is 4.79 Å². The van der Waals surface area contributed by atoms with Crippen LogP contribution in [0.2, 0.25) is 0 Å². The largest absolute Gasteiger partial charge is 0.478 e. The molecular weight excluding hydrogens is 266 g/mol. The summed E-state index contributed by atoms with van der Waals surface area (Å²) in [5, 5.41) is 7.69. The Kier molecular flexibility index (Phi) is 3.68. The molecule has 2 atom stereocenters. The summed E-state index contributed by atoms with van der Waals surface area (Å²) in [6.45, 7) is 7.86. The molecule has 5 nitrogen and oxygen atoms in total. The average molecular weight is 291 g/mol. The summed E-state index contributed by atoms with van der Waals surface area (Å²) < 4.78 is 7.46. The molecule has 3 rings (SSSR count). The monoisotopic (exact) mass is 291 g/mol. The lowest BCUT2D eigenvalue weighted by Crippen LogP contribution is -2.52. The predicted octanol–water partition coefficient (Wildman–Crippen LogP) is 2.67. The Hall–Kier alpha value is -1.52. The maximum atomic E-state index is 12.7. The van der Waals surface area contributed by atoms with Crippen LogP contribution in [0.3, 0.4) is 0 Å². The number of nitrogens with one attached hydrogen (secondary N) is 1. The van der Waals surface area contributed by atoms with Crippen molar-refractivity contribution >= 4 is 5.91 Å². The number of aromatic nitrogens is 2. The third kappa shape index (κ3) is 2.54. The Morgan fingerprint density at radius 1 is 1.43 bits per heavy atom. The zero-order valence-corrected chi connectivity index (χ0v) is 13.2. The van der Waals surface area contributed by atoms with Gasteiger partial charge in [0.1, 0.15) is 0 Å². The highest BCUT2D eigenvalue weighted by Crippen LogP contribution is 2.34. The first kappa shape index (κ1) is 14.4. The van der Waals surface area contributed by atoms with E-state index in [4.69, 9.17) is 4.74 Å². The molecule has 2 aliphatic rings. The molecule has 0 spiro atoms. The molecule has 1 fully saturated rings. The normalized spacial score (nSPS) is 28.6. The minimum Gasteiger partial charge on any atom is -0.478 e. The van der Waals surface area contributed by atoms with E-state index in [1.165, 1.54) is 19.3 Å². The van der Waals surface area contributed by atoms with Crippen LogP contribution >= 0.6 is 0 Å². The third-order valence-corrected chi connectivity index (χ3v) is 5.17. The van der Waals surface area contributed by atoms with Crippen LogP contribution in [-0.2, 0) is 6.54 Å². The van der Waals surface area contributed by atoms with Gasteiger partial charge in [-0.05, 0) is 32.6 Å². The van der Waals surface area contributed by atoms with Gasteiger partial charge in [-0.2, -0.15) is 5.10 Å². The number of amides is 1. The molecule has 1 aliphatic heterocycles. The van der Waals surface area contributed by atoms with Crippen LogP contribution in [0.15, 0.2) is 0 Å². The predicted molar refractivity (Wildman–Crippen MR) is 80.6 cm³/mol. The van der Waals surface area contributed by atoms with Crippen molar-refractivity contribution in [2.24, 2.45) is 5.92 Å². The SMILES string of the molecule is Cc1c(C(=O)NC2(C)CCCCC2C)nn2c1OCCC2. The van der Waals surface area contributed by atoms with Gasteiger partial charge in [-0.3, -0.25) is 4.79 Å². The van der Waals surface area contributed by atoms with Crippen molar-refractivity contribution in [3.8, 4) is 5.88 Å². The van der Waals surface area contributed by atoms with E-state index >= 15 is 0 Å². The zero-order chi connectivity index (χ0) is 15.0. The van der Waals surface area contributed by atoms with Gasteiger partial charge in [0.15, 0.2) is 5.69 Å². The smallest absolute Gasteiger partial charge is 0.272 e. The Morgan fingerprint density at radius 3 is 2.95 bits per heavy atom. The van der Waals surface area contributed by atoms with Crippen molar-refractivity contribution in [3.63, 3.8) is 0 Å². The first-order chi connectivity index (χ1) is 10.0. The number of hydrogen-bond acceptors (Lipinski definition) is 3. The number of fused-ring (bicyclic) bond motifs is 1. The highest BCUT2D eigenvalue weighted by molar-refractivity contribution is 5.94. The summed E-state index contributed by atoms with van der Waals surface area (Å²) in [4.78, 5) is 12.7. The summed E-state index contributed by atoms with van der Waals surface area (Å²) in [5.41, 5.74) is 1.26. The van der Waals surface area contributed by atoms with Crippen molar-refractivity contribution in [3.05, 3.63) is 11.3 Å². The molecule has 1 aliphatic carbocycles. The highest BCUT2D eigenvalue weighted by atomic mass is 16.5. The van der Waals surface area contributed by atoms with Gasteiger partial charge in [0.05, 0.1) is 6.61 Å². The van der Waals surface area contributed by atoms with Crippen LogP contribution in [0.1, 0.15) is 62.0 Å². The molecule has 1 aromatic rings. The fraction of sp³-hybridized carbons (Fsp3) is 0.750. The quantitative estimate of drug-likeness (QED) is 0.911. The summed E-state index contributed by atoms with van der Waals surface area (Å²) in [6.07, 6.45) is 5.62. The molecule has 2 unspecified atom stereocenters. The highest BCUT2D eigenvalue weighted by Gasteiger charge is 2.36. The Bertz CT molecular complexity index is 552. The summed E-state index contributed by atoms with van der Waals surface area (Å²) in [5.74, 6) is 1.20. The molecule has 21 heavy (non-hydrogen) atoms. The summed E-state index contributed by atoms with van der Waals surface area (Å²) in [7, 11) is 0. The summed E-state index contributed by atoms with van der Waals surface area (Å²) in [6, 6.07) is 0. The Labute approximate surface area is 126 Å². The van der Waals surface area contributed by atoms with Gasteiger partial charge < -0.3 is 10.1 Å². The van der Waals surface area contributed by atoms with Crippen molar-refractivity contribution in [2.75, 3.05) is 6.61 Å². The third-order valence-electron chi connectivity index (χ3n) is 5.17. The standard InChI is InChI=1S/C16H25N3O2/c1-11-7-4-5-8-16(11,3)17-14(20)13-12(2)15-19(18-13)9-6-10-21-15/h11H,4-10H2,1-3H3,(H,17,20). The Balaban J connectivity index is 1.81. The second kappa shape index (κ2) is 5.35. The van der Waals surface area contributed by atoms with Crippen LogP contribution in [0.5, 0.6) is 5.88 Å². The number of aryl methyl sites for hydroxylation is 1. The fourth-order valence-corrected chi connectivity index (χ4v) is 3.48. The first-order valence-electron chi connectivity index (χ1n) is 8.04.